The van der Waals surface area contributed by atoms with Crippen molar-refractivity contribution >= 4 is 45.7 Å². The molecular formula is C27H30ClN5OS2. The second-order valence-electron chi connectivity index (χ2n) is 10.8. The normalized spacial score (nSPS) is 26.3. The number of thiazole rings is 1. The van der Waals surface area contributed by atoms with Crippen molar-refractivity contribution in [2.75, 3.05) is 11.1 Å². The Bertz CT molecular complexity index is 1230. The zero-order valence-corrected chi connectivity index (χ0v) is 22.5. The second-order valence-corrected chi connectivity index (χ2v) is 13.0. The van der Waals surface area contributed by atoms with Crippen molar-refractivity contribution < 1.29 is 4.79 Å². The average molecular weight is 540 g/mol. The number of rotatable bonds is 9. The van der Waals surface area contributed by atoms with Crippen LogP contribution in [0.5, 0.6) is 0 Å². The van der Waals surface area contributed by atoms with Gasteiger partial charge in [0, 0.05) is 28.9 Å². The Kier molecular flexibility index (Phi) is 6.69. The number of hydrogen-bond acceptors (Lipinski definition) is 6. The number of halogens is 1. The Morgan fingerprint density at radius 1 is 1.17 bits per heavy atom. The first kappa shape index (κ1) is 24.2. The van der Waals surface area contributed by atoms with E-state index < -0.39 is 0 Å². The predicted molar refractivity (Wildman–Crippen MR) is 146 cm³/mol. The molecule has 7 rings (SSSR count). The number of nitrogens with one attached hydrogen (secondary N) is 1. The summed E-state index contributed by atoms with van der Waals surface area (Å²) in [6.07, 6.45) is 11.2. The first-order valence-electron chi connectivity index (χ1n) is 12.7. The van der Waals surface area contributed by atoms with Gasteiger partial charge in [0.05, 0.1) is 11.4 Å². The van der Waals surface area contributed by atoms with Gasteiger partial charge in [-0.1, -0.05) is 41.6 Å². The van der Waals surface area contributed by atoms with Crippen LogP contribution in [0.4, 0.5) is 5.13 Å². The molecular weight excluding hydrogens is 510 g/mol. The third kappa shape index (κ3) is 5.00. The van der Waals surface area contributed by atoms with E-state index in [2.05, 4.69) is 31.6 Å². The Hall–Kier alpha value is -2.16. The fourth-order valence-corrected chi connectivity index (χ4v) is 8.71. The molecule has 0 spiro atoms. The summed E-state index contributed by atoms with van der Waals surface area (Å²) in [6, 6.07) is 7.52. The van der Waals surface area contributed by atoms with Gasteiger partial charge in [0.2, 0.25) is 5.91 Å². The number of benzene rings is 1. The Balaban J connectivity index is 1.09. The standard InChI is InChI=1S/C27H30ClN5OS2/c1-2-7-33-23(14-27-11-17-8-18(12-27)10-19(9-17)13-27)31-32-26(33)36-16-24(34)30-25-29-22(15-35-25)20-3-5-21(28)6-4-20/h2-6,15,17-19H,1,7-14,16H2,(H,29,30,34). The molecule has 4 aliphatic carbocycles. The summed E-state index contributed by atoms with van der Waals surface area (Å²) in [5.74, 6) is 3.93. The zero-order chi connectivity index (χ0) is 24.7. The van der Waals surface area contributed by atoms with Crippen molar-refractivity contribution in [1.29, 1.82) is 0 Å². The third-order valence-electron chi connectivity index (χ3n) is 8.03. The van der Waals surface area contributed by atoms with Crippen LogP contribution in [0.1, 0.15) is 44.3 Å². The van der Waals surface area contributed by atoms with Crippen molar-refractivity contribution in [3.8, 4) is 11.3 Å². The topological polar surface area (TPSA) is 72.7 Å². The summed E-state index contributed by atoms with van der Waals surface area (Å²) < 4.78 is 2.16. The molecule has 0 radical (unpaired) electrons. The zero-order valence-electron chi connectivity index (χ0n) is 20.2. The van der Waals surface area contributed by atoms with E-state index in [4.69, 9.17) is 11.6 Å². The molecule has 0 aliphatic heterocycles. The Morgan fingerprint density at radius 2 is 1.86 bits per heavy atom. The monoisotopic (exact) mass is 539 g/mol. The third-order valence-corrected chi connectivity index (χ3v) is 10.0. The summed E-state index contributed by atoms with van der Waals surface area (Å²) in [5, 5.41) is 16.0. The highest BCUT2D eigenvalue weighted by molar-refractivity contribution is 7.99. The number of nitrogens with zero attached hydrogens (tertiary/aromatic N) is 4. The summed E-state index contributed by atoms with van der Waals surface area (Å²) in [4.78, 5) is 17.2. The lowest BCUT2D eigenvalue weighted by Crippen LogP contribution is -2.47. The van der Waals surface area contributed by atoms with E-state index in [1.165, 1.54) is 61.6 Å². The highest BCUT2D eigenvalue weighted by Crippen LogP contribution is 2.61. The minimum absolute atomic E-state index is 0.104. The number of carbonyl (C=O) groups is 1. The molecule has 9 heteroatoms. The van der Waals surface area contributed by atoms with Gasteiger partial charge in [0.25, 0.3) is 0 Å². The molecule has 0 saturated heterocycles. The molecule has 4 fully saturated rings. The molecule has 4 bridgehead atoms. The Morgan fingerprint density at radius 3 is 2.53 bits per heavy atom. The molecule has 0 atom stereocenters. The van der Waals surface area contributed by atoms with Gasteiger partial charge < -0.3 is 9.88 Å². The van der Waals surface area contributed by atoms with Crippen molar-refractivity contribution in [1.82, 2.24) is 19.7 Å². The SMILES string of the molecule is C=CCn1c(CC23CC4CC(CC(C4)C2)C3)nnc1SCC(=O)Nc1nc(-c2ccc(Cl)cc2)cs1. The van der Waals surface area contributed by atoms with Gasteiger partial charge in [-0.25, -0.2) is 4.98 Å². The first-order valence-corrected chi connectivity index (χ1v) is 14.9. The number of hydrogen-bond donors (Lipinski definition) is 1. The minimum Gasteiger partial charge on any atom is -0.302 e. The van der Waals surface area contributed by atoms with Crippen LogP contribution in [0.25, 0.3) is 11.3 Å². The van der Waals surface area contributed by atoms with E-state index in [0.717, 1.165) is 46.4 Å². The van der Waals surface area contributed by atoms with E-state index >= 15 is 0 Å². The number of allylic oxidation sites excluding steroid dienone is 1. The number of thioether (sulfide) groups is 1. The minimum atomic E-state index is -0.104. The van der Waals surface area contributed by atoms with Gasteiger partial charge in [0.15, 0.2) is 10.3 Å². The molecule has 1 amide bonds. The summed E-state index contributed by atoms with van der Waals surface area (Å²) in [7, 11) is 0. The van der Waals surface area contributed by atoms with Crippen LogP contribution in [0, 0.1) is 23.2 Å². The molecule has 3 aromatic rings. The molecule has 188 valence electrons. The van der Waals surface area contributed by atoms with Gasteiger partial charge in [0.1, 0.15) is 5.82 Å². The van der Waals surface area contributed by atoms with Crippen molar-refractivity contribution in [3.05, 3.63) is 53.1 Å². The molecule has 2 aromatic heterocycles. The fraction of sp³-hybridized carbons (Fsp3) is 0.481. The highest BCUT2D eigenvalue weighted by Gasteiger charge is 2.51. The van der Waals surface area contributed by atoms with Gasteiger partial charge in [-0.2, -0.15) is 0 Å². The lowest BCUT2D eigenvalue weighted by atomic mass is 9.49. The molecule has 1 N–H and O–H groups in total. The van der Waals surface area contributed by atoms with Gasteiger partial charge in [-0.15, -0.1) is 28.1 Å². The van der Waals surface area contributed by atoms with Crippen LogP contribution in [0.3, 0.4) is 0 Å². The summed E-state index contributed by atoms with van der Waals surface area (Å²) >= 11 is 8.81. The molecule has 0 unspecified atom stereocenters. The number of amides is 1. The maximum Gasteiger partial charge on any atom is 0.236 e. The van der Waals surface area contributed by atoms with E-state index in [9.17, 15) is 4.79 Å². The maximum atomic E-state index is 12.7. The highest BCUT2D eigenvalue weighted by atomic mass is 35.5. The van der Waals surface area contributed by atoms with Gasteiger partial charge in [-0.3, -0.25) is 4.79 Å². The van der Waals surface area contributed by atoms with Crippen LogP contribution in [0.2, 0.25) is 5.02 Å². The van der Waals surface area contributed by atoms with Crippen LogP contribution in [0.15, 0.2) is 47.5 Å². The quantitative estimate of drug-likeness (QED) is 0.241. The van der Waals surface area contributed by atoms with Crippen LogP contribution in [-0.4, -0.2) is 31.4 Å². The Labute approximate surface area is 225 Å². The van der Waals surface area contributed by atoms with Crippen LogP contribution in [-0.2, 0) is 17.8 Å². The molecule has 1 aromatic carbocycles. The van der Waals surface area contributed by atoms with Crippen molar-refractivity contribution in [3.63, 3.8) is 0 Å². The largest absolute Gasteiger partial charge is 0.302 e. The van der Waals surface area contributed by atoms with Gasteiger partial charge >= 0.3 is 0 Å². The maximum absolute atomic E-state index is 12.7. The smallest absolute Gasteiger partial charge is 0.236 e. The van der Waals surface area contributed by atoms with Gasteiger partial charge in [-0.05, 0) is 73.8 Å². The molecule has 4 aliphatic rings. The summed E-state index contributed by atoms with van der Waals surface area (Å²) in [6.45, 7) is 4.61. The van der Waals surface area contributed by atoms with Crippen molar-refractivity contribution in [2.45, 2.75) is 56.6 Å². The lowest BCUT2D eigenvalue weighted by Gasteiger charge is -2.56. The second kappa shape index (κ2) is 9.95. The predicted octanol–water partition coefficient (Wildman–Crippen LogP) is 6.73. The number of anilines is 1. The van der Waals surface area contributed by atoms with E-state index in [1.54, 1.807) is 0 Å². The van der Waals surface area contributed by atoms with Crippen LogP contribution >= 0.6 is 34.7 Å². The number of carbonyl (C=O) groups excluding carboxylic acids is 1. The fourth-order valence-electron chi connectivity index (χ4n) is 7.08. The average Bonchev–Trinajstić information content (AvgIpc) is 3.44. The number of aromatic nitrogens is 4. The van der Waals surface area contributed by atoms with E-state index in [1.807, 2.05) is 35.7 Å². The molecule has 4 saturated carbocycles. The van der Waals surface area contributed by atoms with E-state index in [-0.39, 0.29) is 11.7 Å². The van der Waals surface area contributed by atoms with Crippen LogP contribution < -0.4 is 5.32 Å². The van der Waals surface area contributed by atoms with E-state index in [0.29, 0.717) is 22.1 Å². The molecule has 2 heterocycles. The lowest BCUT2D eigenvalue weighted by molar-refractivity contribution is -0.113. The first-order chi connectivity index (χ1) is 17.5. The molecule has 36 heavy (non-hydrogen) atoms. The van der Waals surface area contributed by atoms with Crippen molar-refractivity contribution in [2.24, 2.45) is 23.2 Å². The summed E-state index contributed by atoms with van der Waals surface area (Å²) in [5.41, 5.74) is 2.18. The molecule has 6 nitrogen and oxygen atoms in total.